The number of rotatable bonds is 7. The maximum absolute atomic E-state index is 14.4. The number of nitrogens with zero attached hydrogens (tertiary/aromatic N) is 1. The first-order valence-corrected chi connectivity index (χ1v) is 12.2. The van der Waals surface area contributed by atoms with Gasteiger partial charge in [0.05, 0.1) is 29.3 Å². The Morgan fingerprint density at radius 1 is 1.14 bits per heavy atom. The summed E-state index contributed by atoms with van der Waals surface area (Å²) >= 11 is 0.951. The van der Waals surface area contributed by atoms with E-state index in [-0.39, 0.29) is 27.3 Å². The zero-order chi connectivity index (χ0) is 27.1. The molecule has 0 bridgehead atoms. The molecule has 6 nitrogen and oxygen atoms in total. The van der Waals surface area contributed by atoms with E-state index in [1.54, 1.807) is 0 Å². The molecular weight excluding hydrogens is 524 g/mol. The molecule has 0 saturated heterocycles. The monoisotopic (exact) mass is 547 g/mol. The van der Waals surface area contributed by atoms with E-state index in [2.05, 4.69) is 10.5 Å². The Morgan fingerprint density at radius 3 is 2.41 bits per heavy atom. The second-order valence-corrected chi connectivity index (χ2v) is 10.0. The molecule has 1 aliphatic heterocycles. The maximum Gasteiger partial charge on any atom is 0.435 e. The second kappa shape index (κ2) is 9.99. The van der Waals surface area contributed by atoms with Crippen molar-refractivity contribution in [2.45, 2.75) is 57.7 Å². The van der Waals surface area contributed by atoms with Crippen LogP contribution in [0, 0.1) is 19.7 Å². The topological polar surface area (TPSA) is 79.8 Å². The van der Waals surface area contributed by atoms with Gasteiger partial charge in [0, 0.05) is 5.56 Å². The highest BCUT2D eigenvalue weighted by Gasteiger charge is 2.62. The van der Waals surface area contributed by atoms with Gasteiger partial charge >= 0.3 is 6.18 Å². The molecule has 0 fully saturated rings. The normalized spacial score (nSPS) is 19.0. The van der Waals surface area contributed by atoms with Crippen molar-refractivity contribution in [3.8, 4) is 0 Å². The van der Waals surface area contributed by atoms with Crippen LogP contribution >= 0.6 is 11.3 Å². The molecule has 200 valence electrons. The molecule has 2 aliphatic rings. The molecule has 1 aliphatic carbocycles. The van der Waals surface area contributed by atoms with Crippen molar-refractivity contribution in [2.24, 2.45) is 5.16 Å². The van der Waals surface area contributed by atoms with Crippen molar-refractivity contribution in [1.29, 1.82) is 0 Å². The summed E-state index contributed by atoms with van der Waals surface area (Å²) in [6.45, 7) is 1.37. The highest BCUT2D eigenvalue weighted by atomic mass is 32.1. The molecule has 2 amide bonds. The average molecular weight is 548 g/mol. The van der Waals surface area contributed by atoms with Crippen LogP contribution in [0.15, 0.2) is 17.3 Å². The van der Waals surface area contributed by atoms with Crippen LogP contribution in [-0.2, 0) is 28.1 Å². The third-order valence-corrected chi connectivity index (χ3v) is 7.71. The molecule has 37 heavy (non-hydrogen) atoms. The van der Waals surface area contributed by atoms with Gasteiger partial charge < -0.3 is 15.5 Å². The fraction of sp³-hybridized carbons (Fsp3) is 0.458. The number of halogens is 6. The summed E-state index contributed by atoms with van der Waals surface area (Å²) in [6, 6.07) is 2.20. The summed E-state index contributed by atoms with van der Waals surface area (Å²) < 4.78 is 81.9. The van der Waals surface area contributed by atoms with Crippen molar-refractivity contribution in [2.75, 3.05) is 13.1 Å². The van der Waals surface area contributed by atoms with Gasteiger partial charge in [-0.1, -0.05) is 5.16 Å². The largest absolute Gasteiger partial charge is 0.435 e. The Kier molecular flexibility index (Phi) is 7.28. The lowest BCUT2D eigenvalue weighted by molar-refractivity contribution is -0.275. The summed E-state index contributed by atoms with van der Waals surface area (Å²) in [5.74, 6) is -2.03. The fourth-order valence-electron chi connectivity index (χ4n) is 4.59. The Labute approximate surface area is 212 Å². The van der Waals surface area contributed by atoms with Crippen molar-refractivity contribution in [3.05, 3.63) is 55.5 Å². The summed E-state index contributed by atoms with van der Waals surface area (Å²) in [7, 11) is 0. The molecule has 0 radical (unpaired) electrons. The lowest BCUT2D eigenvalue weighted by Crippen LogP contribution is -2.42. The molecule has 2 N–H and O–H groups in total. The Balaban J connectivity index is 1.60. The van der Waals surface area contributed by atoms with Gasteiger partial charge in [-0.2, -0.15) is 13.2 Å². The molecule has 1 aromatic heterocycles. The van der Waals surface area contributed by atoms with Crippen molar-refractivity contribution in [1.82, 2.24) is 10.6 Å². The number of carbonyl (C=O) groups is 2. The molecule has 0 spiro atoms. The molecule has 2 heterocycles. The molecule has 1 unspecified atom stereocenters. The van der Waals surface area contributed by atoms with Gasteiger partial charge in [-0.3, -0.25) is 9.59 Å². The molecule has 4 rings (SSSR count). The second-order valence-electron chi connectivity index (χ2n) is 9.00. The van der Waals surface area contributed by atoms with Gasteiger partial charge in [0.2, 0.25) is 5.91 Å². The zero-order valence-electron chi connectivity index (χ0n) is 19.8. The quantitative estimate of drug-likeness (QED) is 0.494. The smallest absolute Gasteiger partial charge is 0.374 e. The van der Waals surface area contributed by atoms with Crippen LogP contribution < -0.4 is 10.6 Å². The number of alkyl halides is 5. The van der Waals surface area contributed by atoms with E-state index >= 15 is 0 Å². The third kappa shape index (κ3) is 5.05. The zero-order valence-corrected chi connectivity index (χ0v) is 20.6. The van der Waals surface area contributed by atoms with Gasteiger partial charge in [0.1, 0.15) is 11.5 Å². The summed E-state index contributed by atoms with van der Waals surface area (Å²) in [5, 5.41) is 8.14. The molecule has 1 atom stereocenters. The lowest BCUT2D eigenvalue weighted by atomic mass is 9.85. The number of thiophene rings is 1. The minimum absolute atomic E-state index is 0.0221. The van der Waals surface area contributed by atoms with Crippen molar-refractivity contribution in [3.63, 3.8) is 0 Å². The van der Waals surface area contributed by atoms with Crippen LogP contribution in [0.4, 0.5) is 26.3 Å². The van der Waals surface area contributed by atoms with E-state index in [0.717, 1.165) is 23.5 Å². The number of aryl methyl sites for hydroxylation is 2. The number of hydrogen-bond donors (Lipinski definition) is 2. The van der Waals surface area contributed by atoms with Crippen LogP contribution in [-0.4, -0.2) is 43.2 Å². The van der Waals surface area contributed by atoms with E-state index < -0.39 is 55.3 Å². The number of fused-ring (bicyclic) bond motifs is 1. The van der Waals surface area contributed by atoms with Gasteiger partial charge in [0.15, 0.2) is 0 Å². The predicted molar refractivity (Wildman–Crippen MR) is 124 cm³/mol. The number of nitrogens with one attached hydrogen (secondary N) is 2. The Bertz CT molecular complexity index is 1250. The van der Waals surface area contributed by atoms with E-state index in [1.165, 1.54) is 13.8 Å². The minimum Gasteiger partial charge on any atom is -0.374 e. The number of carbonyl (C=O) groups excluding carboxylic acids is 2. The van der Waals surface area contributed by atoms with E-state index in [0.29, 0.717) is 35.3 Å². The highest BCUT2D eigenvalue weighted by molar-refractivity contribution is 7.16. The fourth-order valence-corrected chi connectivity index (χ4v) is 5.88. The third-order valence-electron chi connectivity index (χ3n) is 6.39. The van der Waals surface area contributed by atoms with Crippen LogP contribution in [0.5, 0.6) is 0 Å². The lowest BCUT2D eigenvalue weighted by Gasteiger charge is -2.30. The Hall–Kier alpha value is -3.09. The van der Waals surface area contributed by atoms with Crippen LogP contribution in [0.1, 0.15) is 55.2 Å². The summed E-state index contributed by atoms with van der Waals surface area (Å²) in [5.41, 5.74) is -1.61. The number of oxime groups is 1. The van der Waals surface area contributed by atoms with Crippen molar-refractivity contribution >= 4 is 28.9 Å². The highest BCUT2D eigenvalue weighted by Crippen LogP contribution is 2.50. The van der Waals surface area contributed by atoms with Crippen LogP contribution in [0.2, 0.25) is 0 Å². The van der Waals surface area contributed by atoms with E-state index in [9.17, 15) is 35.9 Å². The van der Waals surface area contributed by atoms with Gasteiger partial charge in [-0.25, -0.2) is 13.2 Å². The predicted octanol–water partition coefficient (Wildman–Crippen LogP) is 4.69. The van der Waals surface area contributed by atoms with E-state index in [4.69, 9.17) is 4.84 Å². The van der Waals surface area contributed by atoms with Crippen LogP contribution in [0.25, 0.3) is 0 Å². The molecule has 13 heteroatoms. The summed E-state index contributed by atoms with van der Waals surface area (Å²) in [4.78, 5) is 30.2. The summed E-state index contributed by atoms with van der Waals surface area (Å²) in [6.07, 6.45) is -6.55. The van der Waals surface area contributed by atoms with Crippen molar-refractivity contribution < 1.29 is 40.8 Å². The average Bonchev–Trinajstić information content (AvgIpc) is 3.54. The molecular formula is C24H23F6N3O3S. The van der Waals surface area contributed by atoms with Gasteiger partial charge in [0.25, 0.3) is 17.9 Å². The van der Waals surface area contributed by atoms with Crippen LogP contribution in [0.3, 0.4) is 0 Å². The first-order chi connectivity index (χ1) is 17.3. The Morgan fingerprint density at radius 2 is 1.78 bits per heavy atom. The van der Waals surface area contributed by atoms with Gasteiger partial charge in [-0.15, -0.1) is 11.3 Å². The molecule has 1 aromatic carbocycles. The van der Waals surface area contributed by atoms with Gasteiger partial charge in [-0.05, 0) is 67.5 Å². The first kappa shape index (κ1) is 27.0. The minimum atomic E-state index is -4.87. The maximum atomic E-state index is 14.4. The SMILES string of the molecule is Cc1cc(C2(C(F)(F)F)CC(c3sc(C(=O)NCC(=O)NCC(F)F)c4c3CCC4)=NO2)cc(C)c1F. The molecule has 2 aromatic rings. The number of amides is 2. The standard InChI is InChI=1S/C24H23F6N3O3S/c1-11-6-13(7-12(2)19(11)27)23(24(28,29)30)8-16(33-36-23)20-14-4-3-5-15(14)21(37-20)22(35)32-10-18(34)31-9-17(25)26/h6-7,17H,3-5,8-10H2,1-2H3,(H,31,34)(H,32,35). The van der Waals surface area contributed by atoms with E-state index in [1.807, 2.05) is 5.32 Å². The number of hydrogen-bond acceptors (Lipinski definition) is 5. The molecule has 0 saturated carbocycles. The first-order valence-electron chi connectivity index (χ1n) is 11.4. The number of benzene rings is 1.